The highest BCUT2D eigenvalue weighted by Gasteiger charge is 2.24. The maximum atomic E-state index is 6.30. The molecule has 0 bridgehead atoms. The first-order chi connectivity index (χ1) is 8.22. The highest BCUT2D eigenvalue weighted by Crippen LogP contribution is 2.38. The normalized spacial score (nSPS) is 17.8. The topological polar surface area (TPSA) is 12.0 Å². The minimum atomic E-state index is 0.344. The molecule has 0 aliphatic heterocycles. The Bertz CT molecular complexity index is 374. The molecule has 2 rings (SSSR count). The van der Waals surface area contributed by atoms with E-state index in [9.17, 15) is 0 Å². The van der Waals surface area contributed by atoms with Gasteiger partial charge in [-0.25, -0.2) is 0 Å². The summed E-state index contributed by atoms with van der Waals surface area (Å²) in [6, 6.07) is 6.26. The fraction of sp³-hybridized carbons (Fsp3) is 0.571. The first-order valence-corrected chi connectivity index (χ1v) is 7.15. The number of hydrogen-bond donors (Lipinski definition) is 1. The van der Waals surface area contributed by atoms with Gasteiger partial charge in [0.1, 0.15) is 0 Å². The van der Waals surface area contributed by atoms with Gasteiger partial charge in [-0.05, 0) is 30.5 Å². The van der Waals surface area contributed by atoms with E-state index in [0.717, 1.165) is 18.0 Å². The number of hydrogen-bond acceptors (Lipinski definition) is 1. The molecule has 1 aromatic rings. The van der Waals surface area contributed by atoms with Crippen LogP contribution in [-0.4, -0.2) is 6.54 Å². The third-order valence-electron chi connectivity index (χ3n) is 3.60. The second-order valence-electron chi connectivity index (χ2n) is 4.79. The van der Waals surface area contributed by atoms with E-state index in [2.05, 4.69) is 18.3 Å². The smallest absolute Gasteiger partial charge is 0.0640 e. The minimum Gasteiger partial charge on any atom is -0.310 e. The SMILES string of the molecule is CCNC(CC1CCC1)c1cccc(Cl)c1Cl. The van der Waals surface area contributed by atoms with Crippen molar-refractivity contribution in [2.45, 2.75) is 38.6 Å². The third kappa shape index (κ3) is 3.15. The summed E-state index contributed by atoms with van der Waals surface area (Å²) >= 11 is 12.4. The summed E-state index contributed by atoms with van der Waals surface area (Å²) in [6.45, 7) is 3.09. The van der Waals surface area contributed by atoms with Crippen molar-refractivity contribution in [1.82, 2.24) is 5.32 Å². The molecule has 0 amide bonds. The largest absolute Gasteiger partial charge is 0.310 e. The van der Waals surface area contributed by atoms with Crippen molar-refractivity contribution in [2.75, 3.05) is 6.54 Å². The van der Waals surface area contributed by atoms with Crippen LogP contribution in [0.1, 0.15) is 44.2 Å². The molecule has 0 radical (unpaired) electrons. The maximum Gasteiger partial charge on any atom is 0.0640 e. The third-order valence-corrected chi connectivity index (χ3v) is 4.43. The zero-order valence-corrected chi connectivity index (χ0v) is 11.7. The van der Waals surface area contributed by atoms with Crippen LogP contribution in [0.25, 0.3) is 0 Å². The van der Waals surface area contributed by atoms with Crippen LogP contribution < -0.4 is 5.32 Å². The number of halogens is 2. The molecule has 17 heavy (non-hydrogen) atoms. The first-order valence-electron chi connectivity index (χ1n) is 6.39. The Kier molecular flexibility index (Phi) is 4.72. The molecule has 1 atom stereocenters. The van der Waals surface area contributed by atoms with Gasteiger partial charge in [0.2, 0.25) is 0 Å². The zero-order valence-electron chi connectivity index (χ0n) is 10.2. The molecule has 1 saturated carbocycles. The van der Waals surface area contributed by atoms with Crippen LogP contribution in [0.2, 0.25) is 10.0 Å². The van der Waals surface area contributed by atoms with Gasteiger partial charge in [0.15, 0.2) is 0 Å². The molecule has 1 N–H and O–H groups in total. The summed E-state index contributed by atoms with van der Waals surface area (Å²) in [4.78, 5) is 0. The van der Waals surface area contributed by atoms with Crippen LogP contribution in [-0.2, 0) is 0 Å². The molecule has 0 aromatic heterocycles. The second-order valence-corrected chi connectivity index (χ2v) is 5.57. The lowest BCUT2D eigenvalue weighted by Gasteiger charge is -2.30. The van der Waals surface area contributed by atoms with E-state index in [1.165, 1.54) is 25.7 Å². The molecule has 1 aliphatic carbocycles. The predicted octanol–water partition coefficient (Wildman–Crippen LogP) is 4.83. The number of nitrogens with one attached hydrogen (secondary N) is 1. The molecule has 1 aliphatic rings. The van der Waals surface area contributed by atoms with Gasteiger partial charge < -0.3 is 5.32 Å². The van der Waals surface area contributed by atoms with E-state index in [0.29, 0.717) is 16.1 Å². The van der Waals surface area contributed by atoms with Crippen molar-refractivity contribution in [3.63, 3.8) is 0 Å². The predicted molar refractivity (Wildman–Crippen MR) is 74.8 cm³/mol. The van der Waals surface area contributed by atoms with E-state index >= 15 is 0 Å². The Morgan fingerprint density at radius 1 is 1.35 bits per heavy atom. The average Bonchev–Trinajstić information content (AvgIpc) is 2.26. The van der Waals surface area contributed by atoms with Crippen LogP contribution in [0.5, 0.6) is 0 Å². The van der Waals surface area contributed by atoms with Crippen molar-refractivity contribution in [3.05, 3.63) is 33.8 Å². The Labute approximate surface area is 114 Å². The van der Waals surface area contributed by atoms with E-state index < -0.39 is 0 Å². The maximum absolute atomic E-state index is 6.30. The lowest BCUT2D eigenvalue weighted by atomic mass is 9.79. The van der Waals surface area contributed by atoms with Gasteiger partial charge in [-0.2, -0.15) is 0 Å². The van der Waals surface area contributed by atoms with Crippen LogP contribution in [0.4, 0.5) is 0 Å². The Morgan fingerprint density at radius 3 is 2.71 bits per heavy atom. The van der Waals surface area contributed by atoms with Gasteiger partial charge in [0, 0.05) is 6.04 Å². The van der Waals surface area contributed by atoms with Crippen LogP contribution >= 0.6 is 23.2 Å². The van der Waals surface area contributed by atoms with E-state index in [4.69, 9.17) is 23.2 Å². The molecule has 94 valence electrons. The average molecular weight is 272 g/mol. The number of benzene rings is 1. The van der Waals surface area contributed by atoms with Crippen molar-refractivity contribution in [1.29, 1.82) is 0 Å². The Balaban J connectivity index is 2.15. The molecule has 1 aromatic carbocycles. The van der Waals surface area contributed by atoms with Gasteiger partial charge in [-0.1, -0.05) is 61.5 Å². The molecule has 1 unspecified atom stereocenters. The van der Waals surface area contributed by atoms with Gasteiger partial charge >= 0.3 is 0 Å². The molecule has 0 spiro atoms. The van der Waals surface area contributed by atoms with Crippen molar-refractivity contribution in [2.24, 2.45) is 5.92 Å². The molecule has 3 heteroatoms. The van der Waals surface area contributed by atoms with E-state index in [-0.39, 0.29) is 0 Å². The van der Waals surface area contributed by atoms with E-state index in [1.807, 2.05) is 12.1 Å². The van der Waals surface area contributed by atoms with Crippen molar-refractivity contribution in [3.8, 4) is 0 Å². The summed E-state index contributed by atoms with van der Waals surface area (Å²) < 4.78 is 0. The molecule has 0 heterocycles. The molecular weight excluding hydrogens is 253 g/mol. The highest BCUT2D eigenvalue weighted by molar-refractivity contribution is 6.42. The van der Waals surface area contributed by atoms with Crippen molar-refractivity contribution >= 4 is 23.2 Å². The van der Waals surface area contributed by atoms with Crippen LogP contribution in [0.15, 0.2) is 18.2 Å². The highest BCUT2D eigenvalue weighted by atomic mass is 35.5. The summed E-state index contributed by atoms with van der Waals surface area (Å²) in [7, 11) is 0. The monoisotopic (exact) mass is 271 g/mol. The quantitative estimate of drug-likeness (QED) is 0.809. The van der Waals surface area contributed by atoms with Gasteiger partial charge in [0.05, 0.1) is 10.0 Å². The minimum absolute atomic E-state index is 0.344. The van der Waals surface area contributed by atoms with Gasteiger partial charge in [-0.3, -0.25) is 0 Å². The first kappa shape index (κ1) is 13.2. The van der Waals surface area contributed by atoms with Gasteiger partial charge in [0.25, 0.3) is 0 Å². The van der Waals surface area contributed by atoms with E-state index in [1.54, 1.807) is 0 Å². The van der Waals surface area contributed by atoms with Crippen LogP contribution in [0.3, 0.4) is 0 Å². The molecule has 1 nitrogen and oxygen atoms in total. The molecule has 1 fully saturated rings. The summed E-state index contributed by atoms with van der Waals surface area (Å²) in [5.41, 5.74) is 1.15. The van der Waals surface area contributed by atoms with Crippen LogP contribution in [0, 0.1) is 5.92 Å². The molecule has 0 saturated heterocycles. The lowest BCUT2D eigenvalue weighted by molar-refractivity contribution is 0.262. The van der Waals surface area contributed by atoms with Crippen molar-refractivity contribution < 1.29 is 0 Å². The zero-order chi connectivity index (χ0) is 12.3. The summed E-state index contributed by atoms with van der Waals surface area (Å²) in [5.74, 6) is 0.856. The fourth-order valence-electron chi connectivity index (χ4n) is 2.42. The second kappa shape index (κ2) is 6.08. The Hall–Kier alpha value is -0.240. The standard InChI is InChI=1S/C14H19Cl2N/c1-2-17-13(9-10-5-3-6-10)11-7-4-8-12(15)14(11)16/h4,7-8,10,13,17H,2-3,5-6,9H2,1H3. The number of rotatable bonds is 5. The lowest BCUT2D eigenvalue weighted by Crippen LogP contribution is -2.26. The summed E-state index contributed by atoms with van der Waals surface area (Å²) in [5, 5.41) is 4.88. The van der Waals surface area contributed by atoms with Gasteiger partial charge in [-0.15, -0.1) is 0 Å². The molecular formula is C14H19Cl2N. The summed E-state index contributed by atoms with van der Waals surface area (Å²) in [6.07, 6.45) is 5.28. The Morgan fingerprint density at radius 2 is 2.12 bits per heavy atom. The fourth-order valence-corrected chi connectivity index (χ4v) is 2.86.